The van der Waals surface area contributed by atoms with Crippen molar-refractivity contribution >= 4 is 34.1 Å². The maximum Gasteiger partial charge on any atom is 0.236 e. The van der Waals surface area contributed by atoms with Gasteiger partial charge < -0.3 is 14.6 Å². The number of thiazole rings is 1. The molecule has 0 unspecified atom stereocenters. The number of carbonyl (C=O) groups is 1. The van der Waals surface area contributed by atoms with E-state index in [0.29, 0.717) is 16.7 Å². The zero-order valence-corrected chi connectivity index (χ0v) is 18.7. The Bertz CT molecular complexity index is 1160. The van der Waals surface area contributed by atoms with E-state index in [1.54, 1.807) is 7.11 Å². The second-order valence-corrected chi connectivity index (χ2v) is 8.52. The summed E-state index contributed by atoms with van der Waals surface area (Å²) in [5, 5.41) is 14.6. The molecule has 2 aromatic carbocycles. The molecule has 158 valence electrons. The second-order valence-electron chi connectivity index (χ2n) is 6.72. The van der Waals surface area contributed by atoms with Crippen LogP contribution in [0.1, 0.15) is 11.4 Å². The summed E-state index contributed by atoms with van der Waals surface area (Å²) in [4.78, 5) is 16.9. The van der Waals surface area contributed by atoms with Gasteiger partial charge >= 0.3 is 0 Å². The van der Waals surface area contributed by atoms with Gasteiger partial charge in [0, 0.05) is 24.4 Å². The van der Waals surface area contributed by atoms with Gasteiger partial charge in [-0.05, 0) is 17.7 Å². The highest BCUT2D eigenvalue weighted by atomic mass is 32.2. The van der Waals surface area contributed by atoms with E-state index in [4.69, 9.17) is 4.74 Å². The molecule has 2 heterocycles. The molecule has 0 saturated carbocycles. The first-order valence-corrected chi connectivity index (χ1v) is 11.4. The predicted molar refractivity (Wildman–Crippen MR) is 124 cm³/mol. The average molecular weight is 452 g/mol. The van der Waals surface area contributed by atoms with Gasteiger partial charge in [0.25, 0.3) is 0 Å². The SMILES string of the molecule is COc1ccc(Cc2nnc(SCC(=O)Nc3nc(-c4ccccc4)cs3)n2C)cc1. The summed E-state index contributed by atoms with van der Waals surface area (Å²) >= 11 is 2.76. The van der Waals surface area contributed by atoms with E-state index < -0.39 is 0 Å². The summed E-state index contributed by atoms with van der Waals surface area (Å²) in [6, 6.07) is 17.7. The summed E-state index contributed by atoms with van der Waals surface area (Å²) in [5.41, 5.74) is 2.99. The molecule has 0 bridgehead atoms. The van der Waals surface area contributed by atoms with E-state index in [9.17, 15) is 4.79 Å². The number of ether oxygens (including phenoxy) is 1. The molecule has 0 saturated heterocycles. The van der Waals surface area contributed by atoms with Crippen molar-refractivity contribution in [1.29, 1.82) is 0 Å². The summed E-state index contributed by atoms with van der Waals surface area (Å²) < 4.78 is 7.11. The molecular weight excluding hydrogens is 430 g/mol. The van der Waals surface area contributed by atoms with Gasteiger partial charge in [0.2, 0.25) is 5.91 Å². The van der Waals surface area contributed by atoms with Gasteiger partial charge in [-0.25, -0.2) is 4.98 Å². The quantitative estimate of drug-likeness (QED) is 0.403. The average Bonchev–Trinajstić information content (AvgIpc) is 3.40. The minimum atomic E-state index is -0.126. The molecule has 0 aliphatic heterocycles. The van der Waals surface area contributed by atoms with Crippen LogP contribution in [0.25, 0.3) is 11.3 Å². The number of nitrogens with zero attached hydrogens (tertiary/aromatic N) is 4. The third-order valence-electron chi connectivity index (χ3n) is 4.60. The number of aromatic nitrogens is 4. The van der Waals surface area contributed by atoms with Crippen molar-refractivity contribution in [2.24, 2.45) is 7.05 Å². The van der Waals surface area contributed by atoms with Gasteiger partial charge in [-0.3, -0.25) is 4.79 Å². The van der Waals surface area contributed by atoms with E-state index in [2.05, 4.69) is 20.5 Å². The molecule has 9 heteroatoms. The Labute approximate surface area is 188 Å². The number of hydrogen-bond donors (Lipinski definition) is 1. The number of thioether (sulfide) groups is 1. The van der Waals surface area contributed by atoms with Gasteiger partial charge in [-0.15, -0.1) is 21.5 Å². The van der Waals surface area contributed by atoms with Gasteiger partial charge in [-0.2, -0.15) is 0 Å². The van der Waals surface area contributed by atoms with E-state index in [1.165, 1.54) is 23.1 Å². The lowest BCUT2D eigenvalue weighted by Gasteiger charge is -2.05. The van der Waals surface area contributed by atoms with Crippen LogP contribution < -0.4 is 10.1 Å². The zero-order chi connectivity index (χ0) is 21.6. The number of benzene rings is 2. The number of methoxy groups -OCH3 is 1. The van der Waals surface area contributed by atoms with Crippen molar-refractivity contribution in [3.05, 3.63) is 71.4 Å². The first kappa shape index (κ1) is 21.1. The van der Waals surface area contributed by atoms with Crippen LogP contribution in [0.3, 0.4) is 0 Å². The third kappa shape index (κ3) is 5.31. The molecule has 1 amide bonds. The number of anilines is 1. The summed E-state index contributed by atoms with van der Waals surface area (Å²) in [6.45, 7) is 0. The summed E-state index contributed by atoms with van der Waals surface area (Å²) in [6.07, 6.45) is 0.654. The molecule has 0 aliphatic rings. The van der Waals surface area contributed by atoms with E-state index in [0.717, 1.165) is 28.4 Å². The molecule has 0 spiro atoms. The second kappa shape index (κ2) is 9.76. The highest BCUT2D eigenvalue weighted by molar-refractivity contribution is 7.99. The summed E-state index contributed by atoms with van der Waals surface area (Å²) in [7, 11) is 3.56. The molecule has 2 aromatic heterocycles. The Morgan fingerprint density at radius 3 is 2.65 bits per heavy atom. The fourth-order valence-corrected chi connectivity index (χ4v) is 4.37. The van der Waals surface area contributed by atoms with Crippen LogP contribution in [0.4, 0.5) is 5.13 Å². The molecule has 0 radical (unpaired) electrons. The molecule has 4 aromatic rings. The van der Waals surface area contributed by atoms with Crippen LogP contribution in [0.2, 0.25) is 0 Å². The highest BCUT2D eigenvalue weighted by Crippen LogP contribution is 2.25. The Hall–Kier alpha value is -3.17. The molecule has 0 fully saturated rings. The molecular formula is C22H21N5O2S2. The molecule has 7 nitrogen and oxygen atoms in total. The Balaban J connectivity index is 1.32. The van der Waals surface area contributed by atoms with Crippen molar-refractivity contribution in [3.8, 4) is 17.0 Å². The summed E-state index contributed by atoms with van der Waals surface area (Å²) in [5.74, 6) is 1.76. The largest absolute Gasteiger partial charge is 0.497 e. The molecule has 0 atom stereocenters. The molecule has 1 N–H and O–H groups in total. The number of amides is 1. The Kier molecular flexibility index (Phi) is 6.63. The fraction of sp³-hybridized carbons (Fsp3) is 0.182. The smallest absolute Gasteiger partial charge is 0.236 e. The van der Waals surface area contributed by atoms with Crippen molar-refractivity contribution in [2.75, 3.05) is 18.2 Å². The van der Waals surface area contributed by atoms with Crippen LogP contribution in [-0.2, 0) is 18.3 Å². The van der Waals surface area contributed by atoms with E-state index in [1.807, 2.05) is 71.6 Å². The minimum Gasteiger partial charge on any atom is -0.497 e. The lowest BCUT2D eigenvalue weighted by atomic mass is 10.1. The number of carbonyl (C=O) groups excluding carboxylic acids is 1. The minimum absolute atomic E-state index is 0.126. The van der Waals surface area contributed by atoms with Gasteiger partial charge in [0.15, 0.2) is 10.3 Å². The van der Waals surface area contributed by atoms with Crippen molar-refractivity contribution in [1.82, 2.24) is 19.7 Å². The zero-order valence-electron chi connectivity index (χ0n) is 17.1. The van der Waals surface area contributed by atoms with Gasteiger partial charge in [-0.1, -0.05) is 54.2 Å². The van der Waals surface area contributed by atoms with Crippen LogP contribution in [0, 0.1) is 0 Å². The van der Waals surface area contributed by atoms with Gasteiger partial charge in [0.05, 0.1) is 18.6 Å². The van der Waals surface area contributed by atoms with E-state index in [-0.39, 0.29) is 11.7 Å². The molecule has 0 aliphatic carbocycles. The third-order valence-corrected chi connectivity index (χ3v) is 6.38. The van der Waals surface area contributed by atoms with Crippen molar-refractivity contribution < 1.29 is 9.53 Å². The molecule has 31 heavy (non-hydrogen) atoms. The molecule has 4 rings (SSSR count). The maximum atomic E-state index is 12.4. The normalized spacial score (nSPS) is 10.8. The topological polar surface area (TPSA) is 81.9 Å². The van der Waals surface area contributed by atoms with E-state index >= 15 is 0 Å². The van der Waals surface area contributed by atoms with Crippen LogP contribution >= 0.6 is 23.1 Å². The van der Waals surface area contributed by atoms with Crippen LogP contribution in [-0.4, -0.2) is 38.5 Å². The Morgan fingerprint density at radius 2 is 1.90 bits per heavy atom. The van der Waals surface area contributed by atoms with Crippen LogP contribution in [0.5, 0.6) is 5.75 Å². The predicted octanol–water partition coefficient (Wildman–Crippen LogP) is 4.27. The first-order valence-electron chi connectivity index (χ1n) is 9.57. The highest BCUT2D eigenvalue weighted by Gasteiger charge is 2.13. The Morgan fingerprint density at radius 1 is 1.13 bits per heavy atom. The standard InChI is InChI=1S/C22H21N5O2S2/c1-27-19(12-15-8-10-17(29-2)11-9-15)25-26-22(27)31-14-20(28)24-21-23-18(13-30-21)16-6-4-3-5-7-16/h3-11,13H,12,14H2,1-2H3,(H,23,24,28). The first-order chi connectivity index (χ1) is 15.1. The van der Waals surface area contributed by atoms with Gasteiger partial charge in [0.1, 0.15) is 11.6 Å². The van der Waals surface area contributed by atoms with Crippen molar-refractivity contribution in [3.63, 3.8) is 0 Å². The number of hydrogen-bond acceptors (Lipinski definition) is 7. The van der Waals surface area contributed by atoms with Crippen molar-refractivity contribution in [2.45, 2.75) is 11.6 Å². The monoisotopic (exact) mass is 451 g/mol. The lowest BCUT2D eigenvalue weighted by Crippen LogP contribution is -2.14. The fourth-order valence-electron chi connectivity index (χ4n) is 2.91. The lowest BCUT2D eigenvalue weighted by molar-refractivity contribution is -0.113. The maximum absolute atomic E-state index is 12.4. The number of nitrogens with one attached hydrogen (secondary N) is 1. The number of rotatable bonds is 8. The van der Waals surface area contributed by atoms with Crippen LogP contribution in [0.15, 0.2) is 65.1 Å².